The average molecular weight is 386 g/mol. The number of allylic oxidation sites excluding steroid dienone is 2. The average Bonchev–Trinajstić information content (AvgIpc) is 3.10. The summed E-state index contributed by atoms with van der Waals surface area (Å²) in [6.07, 6.45) is 18.3. The molecular formula is C28H35N. The van der Waals surface area contributed by atoms with E-state index in [0.717, 1.165) is 35.5 Å². The molecule has 0 amide bonds. The Morgan fingerprint density at radius 2 is 1.83 bits per heavy atom. The first kappa shape index (κ1) is 18.2. The summed E-state index contributed by atoms with van der Waals surface area (Å²) in [6, 6.07) is 9.19. The van der Waals surface area contributed by atoms with E-state index in [2.05, 4.69) is 49.2 Å². The van der Waals surface area contributed by atoms with Crippen LogP contribution in [-0.4, -0.2) is 4.98 Å². The molecule has 0 saturated heterocycles. The van der Waals surface area contributed by atoms with Crippen LogP contribution in [-0.2, 0) is 0 Å². The summed E-state index contributed by atoms with van der Waals surface area (Å²) in [7, 11) is 0. The van der Waals surface area contributed by atoms with Gasteiger partial charge in [-0.1, -0.05) is 38.5 Å². The van der Waals surface area contributed by atoms with Crippen LogP contribution >= 0.6 is 0 Å². The molecule has 0 aliphatic heterocycles. The lowest BCUT2D eigenvalue weighted by Crippen LogP contribution is -2.47. The van der Waals surface area contributed by atoms with Crippen molar-refractivity contribution >= 4 is 16.3 Å². The highest BCUT2D eigenvalue weighted by Gasteiger charge is 2.54. The Kier molecular flexibility index (Phi) is 4.19. The quantitative estimate of drug-likeness (QED) is 0.495. The van der Waals surface area contributed by atoms with E-state index in [1.807, 2.05) is 12.4 Å². The summed E-state index contributed by atoms with van der Waals surface area (Å²) in [5.74, 6) is 5.94. The van der Waals surface area contributed by atoms with Crippen LogP contribution in [0.5, 0.6) is 0 Å². The number of hydrogen-bond donors (Lipinski definition) is 0. The first-order valence-corrected chi connectivity index (χ1v) is 12.2. The van der Waals surface area contributed by atoms with Gasteiger partial charge < -0.3 is 0 Å². The smallest absolute Gasteiger partial charge is 0.0346 e. The molecule has 0 N–H and O–H groups in total. The SMILES string of the molecule is C[C@H]1CC[C@H]2[C@@H](CC[C@@H]3[C@@H]2CC[C@]2(C)C(c4ccc5ccncc5c4)=CC[C@@H]32)C1. The minimum absolute atomic E-state index is 0.381. The molecule has 3 saturated carbocycles. The number of benzene rings is 1. The first-order valence-electron chi connectivity index (χ1n) is 12.2. The second kappa shape index (κ2) is 6.69. The minimum Gasteiger partial charge on any atom is -0.264 e. The first-order chi connectivity index (χ1) is 14.1. The van der Waals surface area contributed by atoms with Crippen molar-refractivity contribution in [3.05, 3.63) is 48.3 Å². The maximum atomic E-state index is 4.36. The second-order valence-electron chi connectivity index (χ2n) is 11.1. The summed E-state index contributed by atoms with van der Waals surface area (Å²) < 4.78 is 0. The van der Waals surface area contributed by atoms with Gasteiger partial charge in [0.05, 0.1) is 0 Å². The molecule has 1 heterocycles. The number of aromatic nitrogens is 1. The van der Waals surface area contributed by atoms with Gasteiger partial charge in [-0.2, -0.15) is 0 Å². The Morgan fingerprint density at radius 3 is 2.76 bits per heavy atom. The van der Waals surface area contributed by atoms with Gasteiger partial charge in [0.2, 0.25) is 0 Å². The highest BCUT2D eigenvalue weighted by atomic mass is 14.6. The predicted molar refractivity (Wildman–Crippen MR) is 121 cm³/mol. The Balaban J connectivity index is 1.29. The van der Waals surface area contributed by atoms with Gasteiger partial charge in [0.25, 0.3) is 0 Å². The molecule has 29 heavy (non-hydrogen) atoms. The maximum absolute atomic E-state index is 4.36. The summed E-state index contributed by atoms with van der Waals surface area (Å²) >= 11 is 0. The van der Waals surface area contributed by atoms with Gasteiger partial charge in [-0.3, -0.25) is 4.98 Å². The van der Waals surface area contributed by atoms with Crippen LogP contribution in [0.25, 0.3) is 16.3 Å². The Hall–Kier alpha value is -1.63. The van der Waals surface area contributed by atoms with Crippen molar-refractivity contribution in [2.24, 2.45) is 40.9 Å². The van der Waals surface area contributed by atoms with E-state index < -0.39 is 0 Å². The molecule has 4 aliphatic rings. The third-order valence-corrected chi connectivity index (χ3v) is 9.75. The summed E-state index contributed by atoms with van der Waals surface area (Å²) in [5, 5.41) is 2.58. The molecule has 7 atom stereocenters. The third-order valence-electron chi connectivity index (χ3n) is 9.75. The van der Waals surface area contributed by atoms with Gasteiger partial charge in [-0.15, -0.1) is 0 Å². The highest BCUT2D eigenvalue weighted by molar-refractivity contribution is 5.86. The van der Waals surface area contributed by atoms with Crippen molar-refractivity contribution in [3.63, 3.8) is 0 Å². The van der Waals surface area contributed by atoms with E-state index in [0.29, 0.717) is 5.41 Å². The van der Waals surface area contributed by atoms with E-state index in [9.17, 15) is 0 Å². The van der Waals surface area contributed by atoms with Crippen LogP contribution in [0.4, 0.5) is 0 Å². The van der Waals surface area contributed by atoms with Gasteiger partial charge in [0, 0.05) is 17.8 Å². The lowest BCUT2D eigenvalue weighted by molar-refractivity contribution is -0.0443. The summed E-state index contributed by atoms with van der Waals surface area (Å²) in [6.45, 7) is 5.10. The van der Waals surface area contributed by atoms with Gasteiger partial charge in [0.1, 0.15) is 0 Å². The van der Waals surface area contributed by atoms with Crippen LogP contribution in [0.15, 0.2) is 42.7 Å². The van der Waals surface area contributed by atoms with Gasteiger partial charge >= 0.3 is 0 Å². The van der Waals surface area contributed by atoms with E-state index in [1.165, 1.54) is 67.7 Å². The topological polar surface area (TPSA) is 12.9 Å². The zero-order chi connectivity index (χ0) is 19.6. The van der Waals surface area contributed by atoms with Crippen LogP contribution in [0.2, 0.25) is 0 Å². The number of fused-ring (bicyclic) bond motifs is 6. The molecular weight excluding hydrogens is 350 g/mol. The zero-order valence-corrected chi connectivity index (χ0v) is 18.1. The summed E-state index contributed by atoms with van der Waals surface area (Å²) in [4.78, 5) is 4.36. The molecule has 2 aromatic rings. The van der Waals surface area contributed by atoms with E-state index in [4.69, 9.17) is 0 Å². The molecule has 0 unspecified atom stereocenters. The molecule has 3 fully saturated rings. The van der Waals surface area contributed by atoms with Crippen LogP contribution < -0.4 is 0 Å². The largest absolute Gasteiger partial charge is 0.264 e. The normalized spacial score (nSPS) is 41.4. The highest BCUT2D eigenvalue weighted by Crippen LogP contribution is 2.64. The van der Waals surface area contributed by atoms with Crippen molar-refractivity contribution in [1.29, 1.82) is 0 Å². The Morgan fingerprint density at radius 1 is 0.931 bits per heavy atom. The van der Waals surface area contributed by atoms with Crippen molar-refractivity contribution < 1.29 is 0 Å². The number of nitrogens with zero attached hydrogens (tertiary/aromatic N) is 1. The van der Waals surface area contributed by atoms with Gasteiger partial charge in [-0.25, -0.2) is 0 Å². The number of rotatable bonds is 1. The molecule has 4 aliphatic carbocycles. The van der Waals surface area contributed by atoms with Crippen LogP contribution in [0, 0.1) is 40.9 Å². The molecule has 0 spiro atoms. The fourth-order valence-electron chi connectivity index (χ4n) is 8.36. The fraction of sp³-hybridized carbons (Fsp3) is 0.607. The van der Waals surface area contributed by atoms with Crippen molar-refractivity contribution in [3.8, 4) is 0 Å². The van der Waals surface area contributed by atoms with Crippen LogP contribution in [0.3, 0.4) is 0 Å². The second-order valence-corrected chi connectivity index (χ2v) is 11.1. The van der Waals surface area contributed by atoms with Crippen molar-refractivity contribution in [2.75, 3.05) is 0 Å². The Bertz CT molecular complexity index is 958. The molecule has 0 bridgehead atoms. The van der Waals surface area contributed by atoms with E-state index in [-0.39, 0.29) is 0 Å². The molecule has 0 radical (unpaired) electrons. The maximum Gasteiger partial charge on any atom is 0.0346 e. The van der Waals surface area contributed by atoms with E-state index in [1.54, 1.807) is 5.57 Å². The zero-order valence-electron chi connectivity index (χ0n) is 18.1. The standard InChI is InChI=1S/C28H35N/c1-18-3-7-23-20(15-18)6-8-25-24(23)11-13-28(2)26(9-10-27(25)28)21-5-4-19-12-14-29-17-22(19)16-21/h4-5,9,12,14,16-18,20,23-25,27H,3,6-8,10-11,13,15H2,1-2H3/t18-,20-,23-,24+,25+,27-,28+/m0/s1. The summed E-state index contributed by atoms with van der Waals surface area (Å²) in [5.41, 5.74) is 3.48. The molecule has 1 aromatic carbocycles. The predicted octanol–water partition coefficient (Wildman–Crippen LogP) is 7.52. The van der Waals surface area contributed by atoms with Crippen molar-refractivity contribution in [1.82, 2.24) is 4.98 Å². The molecule has 152 valence electrons. The van der Waals surface area contributed by atoms with Gasteiger partial charge in [-0.05, 0) is 115 Å². The van der Waals surface area contributed by atoms with E-state index >= 15 is 0 Å². The van der Waals surface area contributed by atoms with Crippen molar-refractivity contribution in [2.45, 2.75) is 65.2 Å². The Labute approximate surface area is 176 Å². The number of pyridine rings is 1. The fourth-order valence-corrected chi connectivity index (χ4v) is 8.36. The van der Waals surface area contributed by atoms with Crippen LogP contribution in [0.1, 0.15) is 70.8 Å². The third kappa shape index (κ3) is 2.76. The number of hydrogen-bond acceptors (Lipinski definition) is 1. The molecule has 1 aromatic heterocycles. The molecule has 1 nitrogen and oxygen atoms in total. The molecule has 6 rings (SSSR count). The lowest BCUT2D eigenvalue weighted by atomic mass is 9.49. The monoisotopic (exact) mass is 385 g/mol. The minimum atomic E-state index is 0.381. The molecule has 1 heteroatoms. The lowest BCUT2D eigenvalue weighted by Gasteiger charge is -2.56. The van der Waals surface area contributed by atoms with Gasteiger partial charge in [0.15, 0.2) is 0 Å².